The van der Waals surface area contributed by atoms with Gasteiger partial charge in [0.05, 0.1) is 5.69 Å². The van der Waals surface area contributed by atoms with E-state index in [-0.39, 0.29) is 17.3 Å². The van der Waals surface area contributed by atoms with Crippen LogP contribution in [0.2, 0.25) is 0 Å². The number of carbonyl (C=O) groups is 1. The maximum atomic E-state index is 12.3. The van der Waals surface area contributed by atoms with Crippen molar-refractivity contribution < 1.29 is 13.2 Å². The Morgan fingerprint density at radius 3 is 2.85 bits per heavy atom. The van der Waals surface area contributed by atoms with E-state index in [0.717, 1.165) is 17.1 Å². The number of para-hydroxylation sites is 1. The molecule has 0 atom stereocenters. The molecule has 1 heterocycles. The van der Waals surface area contributed by atoms with Crippen molar-refractivity contribution in [2.24, 2.45) is 4.99 Å². The minimum Gasteiger partial charge on any atom is -0.355 e. The Morgan fingerprint density at radius 2 is 2.10 bits per heavy atom. The van der Waals surface area contributed by atoms with Crippen LogP contribution in [-0.4, -0.2) is 38.1 Å². The molecule has 0 aromatic heterocycles. The van der Waals surface area contributed by atoms with Crippen molar-refractivity contribution in [2.75, 3.05) is 13.1 Å². The number of amides is 1. The Bertz CT molecular complexity index is 626. The van der Waals surface area contributed by atoms with Crippen LogP contribution in [0.3, 0.4) is 0 Å². The van der Waals surface area contributed by atoms with Crippen LogP contribution in [0.25, 0.3) is 0 Å². The third-order valence-corrected chi connectivity index (χ3v) is 4.67. The second-order valence-corrected chi connectivity index (χ2v) is 6.33. The highest BCUT2D eigenvalue weighted by molar-refractivity contribution is 7.89. The van der Waals surface area contributed by atoms with Gasteiger partial charge in [0.1, 0.15) is 17.8 Å². The molecule has 2 rings (SSSR count). The molecule has 6 nitrogen and oxygen atoms in total. The van der Waals surface area contributed by atoms with Crippen LogP contribution in [0.15, 0.2) is 34.2 Å². The van der Waals surface area contributed by atoms with Crippen molar-refractivity contribution in [3.8, 4) is 0 Å². The molecule has 0 bridgehead atoms. The van der Waals surface area contributed by atoms with Gasteiger partial charge in [-0.15, -0.1) is 0 Å². The molecular formula is C13H17N3O3S. The quantitative estimate of drug-likeness (QED) is 0.831. The summed E-state index contributed by atoms with van der Waals surface area (Å²) in [6.45, 7) is 2.33. The summed E-state index contributed by atoms with van der Waals surface area (Å²) in [5.74, 6) is -0.326. The average Bonchev–Trinajstić information content (AvgIpc) is 2.43. The number of nitrogens with zero attached hydrogens (tertiary/aromatic N) is 2. The summed E-state index contributed by atoms with van der Waals surface area (Å²) in [5, 5.41) is 2.69. The molecule has 108 valence electrons. The van der Waals surface area contributed by atoms with Crippen LogP contribution in [0.5, 0.6) is 0 Å². The maximum Gasteiger partial charge on any atom is 0.267 e. The van der Waals surface area contributed by atoms with Crippen molar-refractivity contribution in [3.05, 3.63) is 24.3 Å². The molecular weight excluding hydrogens is 278 g/mol. The van der Waals surface area contributed by atoms with E-state index in [2.05, 4.69) is 10.3 Å². The van der Waals surface area contributed by atoms with E-state index in [4.69, 9.17) is 0 Å². The summed E-state index contributed by atoms with van der Waals surface area (Å²) in [7, 11) is -3.69. The molecule has 0 fully saturated rings. The minimum absolute atomic E-state index is 0.129. The molecule has 0 spiro atoms. The molecule has 1 N–H and O–H groups in total. The van der Waals surface area contributed by atoms with Crippen molar-refractivity contribution in [2.45, 2.75) is 24.7 Å². The van der Waals surface area contributed by atoms with Crippen LogP contribution < -0.4 is 5.32 Å². The smallest absolute Gasteiger partial charge is 0.267 e. The number of rotatable bonds is 5. The first-order valence-corrected chi connectivity index (χ1v) is 7.91. The lowest BCUT2D eigenvalue weighted by Crippen LogP contribution is -2.41. The van der Waals surface area contributed by atoms with E-state index in [0.29, 0.717) is 12.2 Å². The number of carbonyl (C=O) groups excluding carboxylic acids is 1. The summed E-state index contributed by atoms with van der Waals surface area (Å²) >= 11 is 0. The van der Waals surface area contributed by atoms with E-state index in [1.807, 2.05) is 6.92 Å². The molecule has 0 unspecified atom stereocenters. The number of aliphatic imine (C=N–C) groups is 1. The summed E-state index contributed by atoms with van der Waals surface area (Å²) in [5.41, 5.74) is 0.398. The molecule has 0 aliphatic carbocycles. The highest BCUT2D eigenvalue weighted by Crippen LogP contribution is 2.29. The Hall–Kier alpha value is -1.89. The highest BCUT2D eigenvalue weighted by atomic mass is 32.2. The summed E-state index contributed by atoms with van der Waals surface area (Å²) in [4.78, 5) is 15.9. The van der Waals surface area contributed by atoms with Gasteiger partial charge in [-0.3, -0.25) is 4.79 Å². The van der Waals surface area contributed by atoms with Crippen molar-refractivity contribution in [3.63, 3.8) is 0 Å². The number of hydrogen-bond acceptors (Lipinski definition) is 4. The van der Waals surface area contributed by atoms with Crippen molar-refractivity contribution in [1.82, 2.24) is 9.62 Å². The normalized spacial score (nSPS) is 15.8. The fraction of sp³-hybridized carbons (Fsp3) is 0.385. The number of nitrogens with one attached hydrogen (secondary N) is 1. The fourth-order valence-corrected chi connectivity index (χ4v) is 3.17. The molecule has 1 amide bonds. The lowest BCUT2D eigenvalue weighted by atomic mass is 10.3. The number of sulfonamides is 1. The summed E-state index contributed by atoms with van der Waals surface area (Å²) < 4.78 is 25.6. The van der Waals surface area contributed by atoms with Gasteiger partial charge in [0.2, 0.25) is 5.91 Å². The molecule has 0 saturated heterocycles. The van der Waals surface area contributed by atoms with Crippen LogP contribution >= 0.6 is 0 Å². The summed E-state index contributed by atoms with van der Waals surface area (Å²) in [6, 6.07) is 6.47. The van der Waals surface area contributed by atoms with E-state index in [9.17, 15) is 13.2 Å². The van der Waals surface area contributed by atoms with Gasteiger partial charge in [0.25, 0.3) is 10.0 Å². The van der Waals surface area contributed by atoms with Gasteiger partial charge in [-0.25, -0.2) is 17.7 Å². The lowest BCUT2D eigenvalue weighted by molar-refractivity contribution is -0.120. The second-order valence-electron chi connectivity index (χ2n) is 4.47. The van der Waals surface area contributed by atoms with E-state index in [1.54, 1.807) is 18.2 Å². The number of unbranched alkanes of at least 4 members (excludes halogenated alkanes) is 1. The van der Waals surface area contributed by atoms with Gasteiger partial charge in [0, 0.05) is 6.54 Å². The zero-order valence-electron chi connectivity index (χ0n) is 11.2. The van der Waals surface area contributed by atoms with Crippen molar-refractivity contribution >= 4 is 28.0 Å². The Kier molecular flexibility index (Phi) is 4.39. The molecule has 20 heavy (non-hydrogen) atoms. The van der Waals surface area contributed by atoms with Gasteiger partial charge in [0.15, 0.2) is 0 Å². The SMILES string of the molecule is CCCCNC(=O)CN1C=Nc2ccccc2S1(=O)=O. The Morgan fingerprint density at radius 1 is 1.35 bits per heavy atom. The van der Waals surface area contributed by atoms with Crippen LogP contribution in [0.1, 0.15) is 19.8 Å². The van der Waals surface area contributed by atoms with Crippen LogP contribution in [-0.2, 0) is 14.8 Å². The Labute approximate surface area is 118 Å². The van der Waals surface area contributed by atoms with Gasteiger partial charge >= 0.3 is 0 Å². The molecule has 1 aromatic carbocycles. The summed E-state index contributed by atoms with van der Waals surface area (Å²) in [6.07, 6.45) is 3.03. The zero-order chi connectivity index (χ0) is 14.6. The fourth-order valence-electron chi connectivity index (χ4n) is 1.82. The minimum atomic E-state index is -3.69. The lowest BCUT2D eigenvalue weighted by Gasteiger charge is -2.23. The average molecular weight is 295 g/mol. The van der Waals surface area contributed by atoms with E-state index < -0.39 is 10.0 Å². The third kappa shape index (κ3) is 2.98. The predicted molar refractivity (Wildman–Crippen MR) is 76.4 cm³/mol. The number of hydrogen-bond donors (Lipinski definition) is 1. The van der Waals surface area contributed by atoms with Gasteiger partial charge in [-0.2, -0.15) is 0 Å². The highest BCUT2D eigenvalue weighted by Gasteiger charge is 2.29. The molecule has 1 aliphatic rings. The topological polar surface area (TPSA) is 78.8 Å². The molecule has 0 saturated carbocycles. The first kappa shape index (κ1) is 14.5. The maximum absolute atomic E-state index is 12.3. The largest absolute Gasteiger partial charge is 0.355 e. The standard InChI is InChI=1S/C13H17N3O3S/c1-2-3-8-14-13(17)9-16-10-15-11-6-4-5-7-12(11)20(16,18)19/h4-7,10H,2-3,8-9H2,1H3,(H,14,17). The third-order valence-electron chi connectivity index (χ3n) is 2.93. The number of benzene rings is 1. The van der Waals surface area contributed by atoms with Crippen LogP contribution in [0.4, 0.5) is 5.69 Å². The second kappa shape index (κ2) is 6.04. The zero-order valence-corrected chi connectivity index (χ0v) is 12.1. The molecule has 7 heteroatoms. The first-order chi connectivity index (χ1) is 9.55. The number of fused-ring (bicyclic) bond motifs is 1. The molecule has 1 aromatic rings. The van der Waals surface area contributed by atoms with Crippen molar-refractivity contribution in [1.29, 1.82) is 0 Å². The monoisotopic (exact) mass is 295 g/mol. The van der Waals surface area contributed by atoms with Gasteiger partial charge < -0.3 is 5.32 Å². The predicted octanol–water partition coefficient (Wildman–Crippen LogP) is 1.27. The van der Waals surface area contributed by atoms with E-state index in [1.165, 1.54) is 12.4 Å². The molecule has 0 radical (unpaired) electrons. The van der Waals surface area contributed by atoms with Gasteiger partial charge in [-0.1, -0.05) is 25.5 Å². The molecule has 1 aliphatic heterocycles. The van der Waals surface area contributed by atoms with Crippen LogP contribution in [0, 0.1) is 0 Å². The van der Waals surface area contributed by atoms with Gasteiger partial charge in [-0.05, 0) is 18.6 Å². The Balaban J connectivity index is 2.10. The first-order valence-electron chi connectivity index (χ1n) is 6.47. The van der Waals surface area contributed by atoms with E-state index >= 15 is 0 Å².